The van der Waals surface area contributed by atoms with Gasteiger partial charge in [-0.1, -0.05) is 30.3 Å². The number of aromatic nitrogens is 1. The monoisotopic (exact) mass is 230 g/mol. The molecule has 3 heteroatoms. The zero-order valence-corrected chi connectivity index (χ0v) is 10.00. The minimum atomic E-state index is 0.820. The average molecular weight is 230 g/mol. The fourth-order valence-corrected chi connectivity index (χ4v) is 2.07. The summed E-state index contributed by atoms with van der Waals surface area (Å²) in [5.41, 5.74) is 7.83. The van der Waals surface area contributed by atoms with Gasteiger partial charge in [-0.25, -0.2) is 0 Å². The lowest BCUT2D eigenvalue weighted by atomic mass is 10.2. The summed E-state index contributed by atoms with van der Waals surface area (Å²) in [6.45, 7) is 1.94. The van der Waals surface area contributed by atoms with E-state index < -0.39 is 0 Å². The summed E-state index contributed by atoms with van der Waals surface area (Å²) in [7, 11) is 0. The van der Waals surface area contributed by atoms with Crippen LogP contribution in [0, 0.1) is 0 Å². The molecule has 2 rings (SSSR count). The quantitative estimate of drug-likeness (QED) is 0.879. The van der Waals surface area contributed by atoms with Gasteiger partial charge >= 0.3 is 0 Å². The van der Waals surface area contributed by atoms with Crippen molar-refractivity contribution < 1.29 is 0 Å². The van der Waals surface area contributed by atoms with Crippen LogP contribution in [0.3, 0.4) is 0 Å². The molecule has 1 aromatic carbocycles. The SMILES string of the molecule is C/C=C(\N)SCc1ccc2ccccc2n1. The Morgan fingerprint density at radius 2 is 2.12 bits per heavy atom. The molecule has 82 valence electrons. The Morgan fingerprint density at radius 1 is 1.31 bits per heavy atom. The molecule has 2 nitrogen and oxygen atoms in total. The zero-order chi connectivity index (χ0) is 11.4. The highest BCUT2D eigenvalue weighted by Crippen LogP contribution is 2.18. The molecule has 0 saturated heterocycles. The van der Waals surface area contributed by atoms with Gasteiger partial charge in [0.25, 0.3) is 0 Å². The maximum atomic E-state index is 5.73. The van der Waals surface area contributed by atoms with Crippen molar-refractivity contribution in [2.75, 3.05) is 0 Å². The molecule has 0 aliphatic rings. The van der Waals surface area contributed by atoms with E-state index in [1.165, 1.54) is 5.39 Å². The summed E-state index contributed by atoms with van der Waals surface area (Å²) < 4.78 is 0. The van der Waals surface area contributed by atoms with E-state index >= 15 is 0 Å². The van der Waals surface area contributed by atoms with E-state index in [0.29, 0.717) is 0 Å². The maximum absolute atomic E-state index is 5.73. The number of allylic oxidation sites excluding steroid dienone is 1. The van der Waals surface area contributed by atoms with Gasteiger partial charge in [-0.3, -0.25) is 4.98 Å². The number of thioether (sulfide) groups is 1. The van der Waals surface area contributed by atoms with E-state index in [2.05, 4.69) is 23.2 Å². The van der Waals surface area contributed by atoms with Gasteiger partial charge in [0.2, 0.25) is 0 Å². The van der Waals surface area contributed by atoms with Gasteiger partial charge in [0.1, 0.15) is 0 Å². The Balaban J connectivity index is 2.20. The first-order valence-electron chi connectivity index (χ1n) is 5.19. The molecule has 0 bridgehead atoms. The summed E-state index contributed by atoms with van der Waals surface area (Å²) in [6.07, 6.45) is 1.91. The Bertz CT molecular complexity index is 520. The number of nitrogens with two attached hydrogens (primary N) is 1. The third kappa shape index (κ3) is 2.55. The molecule has 1 heterocycles. The lowest BCUT2D eigenvalue weighted by Crippen LogP contribution is -1.93. The van der Waals surface area contributed by atoms with Crippen LogP contribution in [0.15, 0.2) is 47.5 Å². The normalized spacial score (nSPS) is 11.9. The molecular weight excluding hydrogens is 216 g/mol. The zero-order valence-electron chi connectivity index (χ0n) is 9.18. The van der Waals surface area contributed by atoms with Crippen LogP contribution in [-0.2, 0) is 5.75 Å². The summed E-state index contributed by atoms with van der Waals surface area (Å²) in [6, 6.07) is 12.3. The van der Waals surface area contributed by atoms with Gasteiger partial charge in [-0.15, -0.1) is 11.8 Å². The first kappa shape index (κ1) is 11.0. The third-order valence-electron chi connectivity index (χ3n) is 2.33. The molecule has 0 spiro atoms. The topological polar surface area (TPSA) is 38.9 Å². The van der Waals surface area contributed by atoms with Crippen molar-refractivity contribution in [1.29, 1.82) is 0 Å². The van der Waals surface area contributed by atoms with Crippen molar-refractivity contribution in [2.45, 2.75) is 12.7 Å². The molecule has 0 aliphatic heterocycles. The highest BCUT2D eigenvalue weighted by Gasteiger charge is 1.98. The van der Waals surface area contributed by atoms with E-state index in [4.69, 9.17) is 5.73 Å². The molecular formula is C13H14N2S. The second kappa shape index (κ2) is 5.03. The summed E-state index contributed by atoms with van der Waals surface area (Å²) in [5, 5.41) is 2.02. The van der Waals surface area contributed by atoms with Crippen LogP contribution in [0.5, 0.6) is 0 Å². The molecule has 0 fully saturated rings. The van der Waals surface area contributed by atoms with Crippen molar-refractivity contribution in [3.8, 4) is 0 Å². The molecule has 0 unspecified atom stereocenters. The number of para-hydroxylation sites is 1. The summed E-state index contributed by atoms with van der Waals surface area (Å²) in [5.74, 6) is 0.820. The van der Waals surface area contributed by atoms with Crippen molar-refractivity contribution >= 4 is 22.7 Å². The second-order valence-electron chi connectivity index (χ2n) is 3.48. The minimum absolute atomic E-state index is 0.820. The molecule has 0 radical (unpaired) electrons. The Labute approximate surface area is 99.6 Å². The Kier molecular flexibility index (Phi) is 3.47. The van der Waals surface area contributed by atoms with Crippen molar-refractivity contribution in [3.05, 3.63) is 53.2 Å². The van der Waals surface area contributed by atoms with Crippen molar-refractivity contribution in [3.63, 3.8) is 0 Å². The Hall–Kier alpha value is -1.48. The summed E-state index contributed by atoms with van der Waals surface area (Å²) in [4.78, 5) is 4.58. The fraction of sp³-hybridized carbons (Fsp3) is 0.154. The predicted octanol–water partition coefficient (Wildman–Crippen LogP) is 3.29. The van der Waals surface area contributed by atoms with Gasteiger partial charge in [-0.05, 0) is 19.1 Å². The van der Waals surface area contributed by atoms with Gasteiger partial charge in [0.05, 0.1) is 16.2 Å². The van der Waals surface area contributed by atoms with E-state index in [1.807, 2.05) is 31.2 Å². The first-order chi connectivity index (χ1) is 7.79. The molecule has 0 amide bonds. The third-order valence-corrected chi connectivity index (χ3v) is 3.34. The summed E-state index contributed by atoms with van der Waals surface area (Å²) >= 11 is 1.61. The molecule has 0 saturated carbocycles. The molecule has 0 atom stereocenters. The fourth-order valence-electron chi connectivity index (χ4n) is 1.43. The van der Waals surface area contributed by atoms with Crippen LogP contribution in [0.2, 0.25) is 0 Å². The minimum Gasteiger partial charge on any atom is -0.394 e. The van der Waals surface area contributed by atoms with E-state index in [0.717, 1.165) is 22.0 Å². The van der Waals surface area contributed by atoms with Gasteiger partial charge in [0.15, 0.2) is 0 Å². The highest BCUT2D eigenvalue weighted by atomic mass is 32.2. The van der Waals surface area contributed by atoms with Gasteiger partial charge < -0.3 is 5.73 Å². The average Bonchev–Trinajstić information content (AvgIpc) is 2.35. The molecule has 2 aromatic rings. The number of hydrogen-bond acceptors (Lipinski definition) is 3. The van der Waals surface area contributed by atoms with Crippen LogP contribution in [0.4, 0.5) is 0 Å². The largest absolute Gasteiger partial charge is 0.394 e. The molecule has 16 heavy (non-hydrogen) atoms. The van der Waals surface area contributed by atoms with Crippen molar-refractivity contribution in [1.82, 2.24) is 4.98 Å². The number of hydrogen-bond donors (Lipinski definition) is 1. The highest BCUT2D eigenvalue weighted by molar-refractivity contribution is 8.02. The van der Waals surface area contributed by atoms with Crippen LogP contribution in [0.1, 0.15) is 12.6 Å². The van der Waals surface area contributed by atoms with Gasteiger partial charge in [0, 0.05) is 11.1 Å². The molecule has 2 N–H and O–H groups in total. The number of pyridine rings is 1. The van der Waals surface area contributed by atoms with Crippen LogP contribution < -0.4 is 5.73 Å². The van der Waals surface area contributed by atoms with Crippen LogP contribution >= 0.6 is 11.8 Å². The number of nitrogens with zero attached hydrogens (tertiary/aromatic N) is 1. The van der Waals surface area contributed by atoms with Crippen LogP contribution in [-0.4, -0.2) is 4.98 Å². The number of benzene rings is 1. The van der Waals surface area contributed by atoms with Gasteiger partial charge in [-0.2, -0.15) is 0 Å². The molecule has 1 aromatic heterocycles. The maximum Gasteiger partial charge on any atom is 0.0705 e. The standard InChI is InChI=1S/C13H14N2S/c1-2-13(14)16-9-11-8-7-10-5-3-4-6-12(10)15-11/h2-8H,9,14H2,1H3/b13-2+. The lowest BCUT2D eigenvalue weighted by molar-refractivity contribution is 1.22. The predicted molar refractivity (Wildman–Crippen MR) is 71.0 cm³/mol. The number of fused-ring (bicyclic) bond motifs is 1. The second-order valence-corrected chi connectivity index (χ2v) is 4.52. The van der Waals surface area contributed by atoms with E-state index in [9.17, 15) is 0 Å². The Morgan fingerprint density at radius 3 is 2.94 bits per heavy atom. The van der Waals surface area contributed by atoms with Crippen molar-refractivity contribution in [2.24, 2.45) is 5.73 Å². The lowest BCUT2D eigenvalue weighted by Gasteiger charge is -2.02. The van der Waals surface area contributed by atoms with E-state index in [1.54, 1.807) is 11.8 Å². The van der Waals surface area contributed by atoms with Crippen LogP contribution in [0.25, 0.3) is 10.9 Å². The number of rotatable bonds is 3. The molecule has 0 aliphatic carbocycles. The first-order valence-corrected chi connectivity index (χ1v) is 6.17. The smallest absolute Gasteiger partial charge is 0.0705 e. The van der Waals surface area contributed by atoms with E-state index in [-0.39, 0.29) is 0 Å².